The molecule has 11 heteroatoms. The molecule has 4 N–H and O–H groups in total. The Morgan fingerprint density at radius 2 is 1.83 bits per heavy atom. The molecular formula is C18H24BrN5O4S. The van der Waals surface area contributed by atoms with Gasteiger partial charge in [-0.05, 0) is 19.1 Å². The Kier molecular flexibility index (Phi) is 8.83. The van der Waals surface area contributed by atoms with Crippen molar-refractivity contribution in [3.8, 4) is 0 Å². The summed E-state index contributed by atoms with van der Waals surface area (Å²) in [6.07, 6.45) is -0.125. The first kappa shape index (κ1) is 24.6. The molecular weight excluding hydrogens is 462 g/mol. The Labute approximate surface area is 183 Å². The molecule has 0 aliphatic carbocycles. The number of carbonyl (C=O) groups excluding carboxylic acids is 2. The molecule has 158 valence electrons. The van der Waals surface area contributed by atoms with Crippen LogP contribution >= 0.6 is 28.7 Å². The lowest BCUT2D eigenvalue weighted by molar-refractivity contribution is -0.138. The number of amidine groups is 2. The third kappa shape index (κ3) is 6.04. The first-order chi connectivity index (χ1) is 13.1. The van der Waals surface area contributed by atoms with Crippen LogP contribution in [0.5, 0.6) is 0 Å². The lowest BCUT2D eigenvalue weighted by Gasteiger charge is -2.23. The Hall–Kier alpha value is -2.40. The van der Waals surface area contributed by atoms with E-state index in [-0.39, 0.29) is 47.7 Å². The van der Waals surface area contributed by atoms with Crippen LogP contribution in [-0.2, 0) is 9.59 Å². The van der Waals surface area contributed by atoms with Crippen molar-refractivity contribution in [3.63, 3.8) is 0 Å². The summed E-state index contributed by atoms with van der Waals surface area (Å²) in [5, 5.41) is 16.1. The second-order valence-electron chi connectivity index (χ2n) is 6.48. The van der Waals surface area contributed by atoms with Crippen molar-refractivity contribution in [1.82, 2.24) is 9.80 Å². The van der Waals surface area contributed by atoms with Gasteiger partial charge < -0.3 is 20.6 Å². The summed E-state index contributed by atoms with van der Waals surface area (Å²) < 4.78 is 0. The number of carboxylic acid groups (broad SMARTS) is 1. The van der Waals surface area contributed by atoms with E-state index in [1.165, 1.54) is 16.7 Å². The number of halogens is 1. The number of hydrogen-bond donors (Lipinski definition) is 3. The molecule has 0 radical (unpaired) electrons. The zero-order valence-corrected chi connectivity index (χ0v) is 18.8. The summed E-state index contributed by atoms with van der Waals surface area (Å²) in [6.45, 7) is 1.98. The fraction of sp³-hybridized carbons (Fsp3) is 0.389. The van der Waals surface area contributed by atoms with E-state index in [0.717, 1.165) is 0 Å². The van der Waals surface area contributed by atoms with Crippen LogP contribution in [0.15, 0.2) is 29.3 Å². The fourth-order valence-corrected chi connectivity index (χ4v) is 3.92. The highest BCUT2D eigenvalue weighted by Gasteiger charge is 2.40. The monoisotopic (exact) mass is 485 g/mol. The normalized spacial score (nSPS) is 19.6. The quantitative estimate of drug-likeness (QED) is 0.408. The number of benzene rings is 1. The number of aliphatic imine (C=N–C) groups is 1. The van der Waals surface area contributed by atoms with Gasteiger partial charge in [-0.15, -0.1) is 17.0 Å². The van der Waals surface area contributed by atoms with Crippen LogP contribution < -0.4 is 5.73 Å². The van der Waals surface area contributed by atoms with Crippen LogP contribution in [0.25, 0.3) is 0 Å². The van der Waals surface area contributed by atoms with Gasteiger partial charge in [0.05, 0.1) is 6.42 Å². The molecule has 0 bridgehead atoms. The summed E-state index contributed by atoms with van der Waals surface area (Å²) in [4.78, 5) is 43.1. The number of carbonyl (C=O) groups is 3. The molecule has 0 spiro atoms. The second-order valence-corrected chi connectivity index (χ2v) is 7.59. The predicted octanol–water partition coefficient (Wildman–Crippen LogP) is 1.41. The van der Waals surface area contributed by atoms with Crippen LogP contribution in [0, 0.1) is 5.41 Å². The van der Waals surface area contributed by atoms with E-state index in [4.69, 9.17) is 16.2 Å². The molecule has 1 aliphatic rings. The van der Waals surface area contributed by atoms with Gasteiger partial charge in [-0.2, -0.15) is 4.99 Å². The molecule has 1 aromatic carbocycles. The van der Waals surface area contributed by atoms with Crippen molar-refractivity contribution in [3.05, 3.63) is 35.4 Å². The van der Waals surface area contributed by atoms with Crippen molar-refractivity contribution >= 4 is 57.5 Å². The van der Waals surface area contributed by atoms with Gasteiger partial charge in [0, 0.05) is 37.8 Å². The summed E-state index contributed by atoms with van der Waals surface area (Å²) in [5.74, 6) is -1.70. The van der Waals surface area contributed by atoms with Gasteiger partial charge in [0.25, 0.3) is 5.91 Å². The molecule has 2 rings (SSSR count). The van der Waals surface area contributed by atoms with Gasteiger partial charge >= 0.3 is 5.97 Å². The van der Waals surface area contributed by atoms with E-state index in [9.17, 15) is 14.4 Å². The Balaban J connectivity index is 0.00000420. The Morgan fingerprint density at radius 3 is 2.34 bits per heavy atom. The highest BCUT2D eigenvalue weighted by Crippen LogP contribution is 2.32. The number of aliphatic carboxylic acids is 1. The van der Waals surface area contributed by atoms with E-state index in [1.807, 2.05) is 6.92 Å². The lowest BCUT2D eigenvalue weighted by Crippen LogP contribution is -2.42. The predicted molar refractivity (Wildman–Crippen MR) is 118 cm³/mol. The van der Waals surface area contributed by atoms with Crippen molar-refractivity contribution < 1.29 is 19.5 Å². The second kappa shape index (κ2) is 10.4. The molecule has 2 unspecified atom stereocenters. The van der Waals surface area contributed by atoms with Gasteiger partial charge in [0.15, 0.2) is 5.17 Å². The number of thioether (sulfide) groups is 1. The van der Waals surface area contributed by atoms with Crippen LogP contribution in [0.3, 0.4) is 0 Å². The Bertz CT molecular complexity index is 830. The number of carboxylic acids is 1. The van der Waals surface area contributed by atoms with E-state index in [0.29, 0.717) is 16.3 Å². The minimum atomic E-state index is -0.965. The first-order valence-corrected chi connectivity index (χ1v) is 9.43. The zero-order chi connectivity index (χ0) is 21.0. The van der Waals surface area contributed by atoms with Gasteiger partial charge in [0.1, 0.15) is 11.1 Å². The van der Waals surface area contributed by atoms with Crippen molar-refractivity contribution in [2.45, 2.75) is 24.6 Å². The van der Waals surface area contributed by atoms with Crippen molar-refractivity contribution in [1.29, 1.82) is 5.41 Å². The molecule has 1 saturated heterocycles. The lowest BCUT2D eigenvalue weighted by atomic mass is 10.1. The number of nitrogens with two attached hydrogens (primary N) is 1. The standard InChI is InChI=1S/C18H23N5O4S.BrH/c1-10-14(17(27)22(2)9-8-13(24)25)28-18(23(10)3)21-16(26)12-6-4-11(5-7-12)15(19)20;/h4-7,10,14H,8-9H2,1-3H3,(H3,19,20)(H,24,25);1H. The van der Waals surface area contributed by atoms with Gasteiger partial charge in [-0.3, -0.25) is 19.8 Å². The SMILES string of the molecule is Br.CC1C(C(=O)N(C)CCC(=O)O)SC(=NC(=O)c2ccc(C(=N)N)cc2)N1C. The minimum Gasteiger partial charge on any atom is -0.481 e. The molecule has 1 aromatic rings. The van der Waals surface area contributed by atoms with Crippen LogP contribution in [0.1, 0.15) is 29.3 Å². The van der Waals surface area contributed by atoms with Gasteiger partial charge in [0.2, 0.25) is 5.91 Å². The maximum absolute atomic E-state index is 12.6. The number of rotatable bonds is 6. The van der Waals surface area contributed by atoms with E-state index in [1.54, 1.807) is 43.3 Å². The topological polar surface area (TPSA) is 140 Å². The largest absolute Gasteiger partial charge is 0.481 e. The van der Waals surface area contributed by atoms with E-state index in [2.05, 4.69) is 4.99 Å². The molecule has 9 nitrogen and oxygen atoms in total. The molecule has 2 atom stereocenters. The summed E-state index contributed by atoms with van der Waals surface area (Å²) in [5.41, 5.74) is 6.27. The molecule has 29 heavy (non-hydrogen) atoms. The summed E-state index contributed by atoms with van der Waals surface area (Å²) >= 11 is 1.19. The maximum Gasteiger partial charge on any atom is 0.305 e. The average molecular weight is 486 g/mol. The summed E-state index contributed by atoms with van der Waals surface area (Å²) in [6, 6.07) is 6.06. The van der Waals surface area contributed by atoms with Crippen molar-refractivity contribution in [2.24, 2.45) is 10.7 Å². The van der Waals surface area contributed by atoms with Crippen LogP contribution in [0.2, 0.25) is 0 Å². The fourth-order valence-electron chi connectivity index (χ4n) is 2.57. The van der Waals surface area contributed by atoms with Crippen LogP contribution in [-0.4, -0.2) is 75.6 Å². The van der Waals surface area contributed by atoms with Gasteiger partial charge in [-0.1, -0.05) is 23.9 Å². The maximum atomic E-state index is 12.6. The summed E-state index contributed by atoms with van der Waals surface area (Å²) in [7, 11) is 3.32. The highest BCUT2D eigenvalue weighted by atomic mass is 79.9. The Morgan fingerprint density at radius 1 is 1.28 bits per heavy atom. The molecule has 1 heterocycles. The van der Waals surface area contributed by atoms with E-state index >= 15 is 0 Å². The molecule has 0 saturated carbocycles. The molecule has 0 aromatic heterocycles. The third-order valence-electron chi connectivity index (χ3n) is 4.50. The molecule has 1 aliphatic heterocycles. The van der Waals surface area contributed by atoms with Crippen molar-refractivity contribution in [2.75, 3.05) is 20.6 Å². The number of nitrogens with one attached hydrogen (secondary N) is 1. The number of nitrogens with zero attached hydrogens (tertiary/aromatic N) is 3. The minimum absolute atomic E-state index is 0. The van der Waals surface area contributed by atoms with E-state index < -0.39 is 17.1 Å². The number of nitrogen functional groups attached to an aromatic ring is 1. The van der Waals surface area contributed by atoms with Crippen LogP contribution in [0.4, 0.5) is 0 Å². The molecule has 2 amide bonds. The number of amides is 2. The number of hydrogen-bond acceptors (Lipinski definition) is 5. The third-order valence-corrected chi connectivity index (χ3v) is 5.94. The highest BCUT2D eigenvalue weighted by molar-refractivity contribution is 8.93. The smallest absolute Gasteiger partial charge is 0.305 e. The molecule has 1 fully saturated rings. The average Bonchev–Trinajstić information content (AvgIpc) is 2.93. The zero-order valence-electron chi connectivity index (χ0n) is 16.3. The first-order valence-electron chi connectivity index (χ1n) is 8.55. The van der Waals surface area contributed by atoms with Gasteiger partial charge in [-0.25, -0.2) is 0 Å².